The molecule has 0 N–H and O–H groups in total. The molecule has 5 heteroatoms. The Morgan fingerprint density at radius 3 is 2.54 bits per heavy atom. The summed E-state index contributed by atoms with van der Waals surface area (Å²) in [5.41, 5.74) is 4.70. The Morgan fingerprint density at radius 1 is 0.929 bits per heavy atom. The summed E-state index contributed by atoms with van der Waals surface area (Å²) in [6, 6.07) is 21.0. The molecule has 5 nitrogen and oxygen atoms in total. The number of rotatable bonds is 5. The number of para-hydroxylation sites is 2. The van der Waals surface area contributed by atoms with Gasteiger partial charge in [0.2, 0.25) is 0 Å². The van der Waals surface area contributed by atoms with Gasteiger partial charge in [0, 0.05) is 39.8 Å². The van der Waals surface area contributed by atoms with Crippen molar-refractivity contribution in [3.8, 4) is 17.0 Å². The standard InChI is InChI=1S/C23H28N4O/c1-25-22(19-9-4-3-5-10-19)17-20(24-25)18-26-13-8-14-27(16-15-26)21-11-6-7-12-23(21)28-2/h3-7,9-12,17H,8,13-16,18H2,1-2H3. The summed E-state index contributed by atoms with van der Waals surface area (Å²) in [7, 11) is 3.77. The fourth-order valence-electron chi connectivity index (χ4n) is 3.97. The topological polar surface area (TPSA) is 33.5 Å². The molecule has 0 saturated carbocycles. The lowest BCUT2D eigenvalue weighted by atomic mass is 10.1. The third-order valence-corrected chi connectivity index (χ3v) is 5.40. The molecule has 1 saturated heterocycles. The van der Waals surface area contributed by atoms with Crippen LogP contribution in [-0.4, -0.2) is 48.0 Å². The summed E-state index contributed by atoms with van der Waals surface area (Å²) in [6.07, 6.45) is 1.14. The summed E-state index contributed by atoms with van der Waals surface area (Å²) in [4.78, 5) is 4.94. The minimum Gasteiger partial charge on any atom is -0.495 e. The number of ether oxygens (including phenoxy) is 1. The van der Waals surface area contributed by atoms with Gasteiger partial charge in [0.05, 0.1) is 24.2 Å². The Balaban J connectivity index is 1.43. The van der Waals surface area contributed by atoms with Crippen LogP contribution in [0.3, 0.4) is 0 Å². The van der Waals surface area contributed by atoms with Crippen LogP contribution >= 0.6 is 0 Å². The lowest BCUT2D eigenvalue weighted by molar-refractivity contribution is 0.281. The predicted octanol–water partition coefficient (Wildman–Crippen LogP) is 3.81. The second-order valence-electron chi connectivity index (χ2n) is 7.30. The van der Waals surface area contributed by atoms with E-state index in [0.29, 0.717) is 0 Å². The monoisotopic (exact) mass is 376 g/mol. The van der Waals surface area contributed by atoms with Gasteiger partial charge in [-0.1, -0.05) is 42.5 Å². The molecule has 0 spiro atoms. The molecular weight excluding hydrogens is 348 g/mol. The molecule has 0 aliphatic carbocycles. The van der Waals surface area contributed by atoms with E-state index in [9.17, 15) is 0 Å². The van der Waals surface area contributed by atoms with Crippen molar-refractivity contribution >= 4 is 5.69 Å². The molecule has 0 unspecified atom stereocenters. The molecule has 146 valence electrons. The molecule has 1 fully saturated rings. The van der Waals surface area contributed by atoms with Crippen LogP contribution < -0.4 is 9.64 Å². The van der Waals surface area contributed by atoms with Crippen molar-refractivity contribution in [3.63, 3.8) is 0 Å². The lowest BCUT2D eigenvalue weighted by Crippen LogP contribution is -2.30. The van der Waals surface area contributed by atoms with Crippen molar-refractivity contribution in [1.82, 2.24) is 14.7 Å². The summed E-state index contributed by atoms with van der Waals surface area (Å²) in [6.45, 7) is 5.05. The van der Waals surface area contributed by atoms with Gasteiger partial charge in [0.15, 0.2) is 0 Å². The maximum atomic E-state index is 5.55. The third kappa shape index (κ3) is 4.04. The highest BCUT2D eigenvalue weighted by molar-refractivity contribution is 5.60. The second kappa shape index (κ2) is 8.48. The molecule has 2 aromatic carbocycles. The van der Waals surface area contributed by atoms with Crippen LogP contribution in [0.5, 0.6) is 5.75 Å². The van der Waals surface area contributed by atoms with E-state index >= 15 is 0 Å². The number of nitrogens with zero attached hydrogens (tertiary/aromatic N) is 4. The predicted molar refractivity (Wildman–Crippen MR) is 114 cm³/mol. The molecule has 1 aliphatic rings. The van der Waals surface area contributed by atoms with Crippen molar-refractivity contribution in [1.29, 1.82) is 0 Å². The number of benzene rings is 2. The molecular formula is C23H28N4O. The SMILES string of the molecule is COc1ccccc1N1CCCN(Cc2cc(-c3ccccc3)n(C)n2)CC1. The molecule has 0 bridgehead atoms. The van der Waals surface area contributed by atoms with Crippen LogP contribution in [0.1, 0.15) is 12.1 Å². The third-order valence-electron chi connectivity index (χ3n) is 5.40. The highest BCUT2D eigenvalue weighted by Gasteiger charge is 2.19. The smallest absolute Gasteiger partial charge is 0.142 e. The van der Waals surface area contributed by atoms with E-state index in [-0.39, 0.29) is 0 Å². The second-order valence-corrected chi connectivity index (χ2v) is 7.30. The zero-order valence-corrected chi connectivity index (χ0v) is 16.7. The minimum absolute atomic E-state index is 0.889. The van der Waals surface area contributed by atoms with Crippen molar-refractivity contribution in [2.24, 2.45) is 7.05 Å². The van der Waals surface area contributed by atoms with Crippen molar-refractivity contribution in [2.75, 3.05) is 38.2 Å². The summed E-state index contributed by atoms with van der Waals surface area (Å²) in [5, 5.41) is 4.76. The maximum Gasteiger partial charge on any atom is 0.142 e. The number of anilines is 1. The number of hydrogen-bond acceptors (Lipinski definition) is 4. The number of aromatic nitrogens is 2. The van der Waals surface area contributed by atoms with Crippen LogP contribution in [0.2, 0.25) is 0 Å². The van der Waals surface area contributed by atoms with Gasteiger partial charge in [-0.3, -0.25) is 9.58 Å². The molecule has 0 radical (unpaired) electrons. The van der Waals surface area contributed by atoms with Gasteiger partial charge in [0.25, 0.3) is 0 Å². The molecule has 1 aromatic heterocycles. The average molecular weight is 377 g/mol. The number of aryl methyl sites for hydroxylation is 1. The van der Waals surface area contributed by atoms with Gasteiger partial charge < -0.3 is 9.64 Å². The first-order valence-electron chi connectivity index (χ1n) is 9.93. The van der Waals surface area contributed by atoms with E-state index in [1.807, 2.05) is 29.9 Å². The van der Waals surface area contributed by atoms with Crippen LogP contribution in [0.4, 0.5) is 5.69 Å². The van der Waals surface area contributed by atoms with Crippen LogP contribution in [-0.2, 0) is 13.6 Å². The first-order chi connectivity index (χ1) is 13.7. The van der Waals surface area contributed by atoms with E-state index in [0.717, 1.165) is 50.6 Å². The van der Waals surface area contributed by atoms with E-state index < -0.39 is 0 Å². The normalized spacial score (nSPS) is 15.4. The van der Waals surface area contributed by atoms with Gasteiger partial charge >= 0.3 is 0 Å². The number of methoxy groups -OCH3 is 1. The molecule has 3 aromatic rings. The maximum absolute atomic E-state index is 5.55. The zero-order valence-electron chi connectivity index (χ0n) is 16.7. The number of hydrogen-bond donors (Lipinski definition) is 0. The molecule has 0 atom stereocenters. The molecule has 28 heavy (non-hydrogen) atoms. The van der Waals surface area contributed by atoms with Gasteiger partial charge in [-0.25, -0.2) is 0 Å². The Morgan fingerprint density at radius 2 is 1.71 bits per heavy atom. The Hall–Kier alpha value is -2.79. The van der Waals surface area contributed by atoms with Gasteiger partial charge in [-0.15, -0.1) is 0 Å². The fourth-order valence-corrected chi connectivity index (χ4v) is 3.97. The summed E-state index contributed by atoms with van der Waals surface area (Å²) in [5.74, 6) is 0.952. The van der Waals surface area contributed by atoms with Crippen molar-refractivity contribution < 1.29 is 4.74 Å². The highest BCUT2D eigenvalue weighted by Crippen LogP contribution is 2.28. The molecule has 1 aliphatic heterocycles. The van der Waals surface area contributed by atoms with Crippen LogP contribution in [0.15, 0.2) is 60.7 Å². The van der Waals surface area contributed by atoms with E-state index in [1.165, 1.54) is 16.9 Å². The lowest BCUT2D eigenvalue weighted by Gasteiger charge is -2.25. The summed E-state index contributed by atoms with van der Waals surface area (Å²) < 4.78 is 7.54. The minimum atomic E-state index is 0.889. The average Bonchev–Trinajstić information content (AvgIpc) is 2.95. The Kier molecular flexibility index (Phi) is 5.63. The largest absolute Gasteiger partial charge is 0.495 e. The van der Waals surface area contributed by atoms with Crippen LogP contribution in [0.25, 0.3) is 11.3 Å². The van der Waals surface area contributed by atoms with Crippen molar-refractivity contribution in [2.45, 2.75) is 13.0 Å². The van der Waals surface area contributed by atoms with Gasteiger partial charge in [-0.2, -0.15) is 5.10 Å². The highest BCUT2D eigenvalue weighted by atomic mass is 16.5. The molecule has 4 rings (SSSR count). The van der Waals surface area contributed by atoms with E-state index in [1.54, 1.807) is 7.11 Å². The fraction of sp³-hybridized carbons (Fsp3) is 0.348. The zero-order chi connectivity index (χ0) is 19.3. The van der Waals surface area contributed by atoms with E-state index in [2.05, 4.69) is 52.3 Å². The molecule has 0 amide bonds. The van der Waals surface area contributed by atoms with Crippen molar-refractivity contribution in [3.05, 3.63) is 66.4 Å². The van der Waals surface area contributed by atoms with Gasteiger partial charge in [0.1, 0.15) is 5.75 Å². The van der Waals surface area contributed by atoms with Crippen LogP contribution in [0, 0.1) is 0 Å². The summed E-state index contributed by atoms with van der Waals surface area (Å²) >= 11 is 0. The molecule has 2 heterocycles. The first-order valence-corrected chi connectivity index (χ1v) is 9.93. The Labute approximate surface area is 167 Å². The quantitative estimate of drug-likeness (QED) is 0.678. The van der Waals surface area contributed by atoms with E-state index in [4.69, 9.17) is 9.84 Å². The first kappa shape index (κ1) is 18.6. The van der Waals surface area contributed by atoms with Gasteiger partial charge in [-0.05, 0) is 30.2 Å². The Bertz CT molecular complexity index is 906.